The van der Waals surface area contributed by atoms with Crippen LogP contribution in [0.5, 0.6) is 5.75 Å². The maximum atomic E-state index is 14.3. The van der Waals surface area contributed by atoms with Gasteiger partial charge in [0.05, 0.1) is 37.5 Å². The fourth-order valence-electron chi connectivity index (χ4n) is 10.6. The van der Waals surface area contributed by atoms with Gasteiger partial charge in [-0.2, -0.15) is 0 Å². The molecule has 3 N–H and O–H groups in total. The number of aliphatic hydroxyl groups excluding tert-OH is 2. The van der Waals surface area contributed by atoms with Crippen LogP contribution in [0.4, 0.5) is 4.79 Å². The Balaban J connectivity index is 0.936. The molecule has 1 heterocycles. The molecule has 5 aliphatic carbocycles. The molecule has 1 aliphatic heterocycles. The van der Waals surface area contributed by atoms with Crippen molar-refractivity contribution < 1.29 is 34.0 Å². The third-order valence-corrected chi connectivity index (χ3v) is 12.9. The smallest absolute Gasteiger partial charge is 0.408 e. The van der Waals surface area contributed by atoms with E-state index >= 15 is 0 Å². The van der Waals surface area contributed by atoms with E-state index in [-0.39, 0.29) is 18.7 Å². The SMILES string of the molecule is O=C(N[C@@H](Cc1ccccc1)[C@@H](O)CCC(=O)N(Cc1ccc(OCCN2CCOCC2)cc1)[C@H]1c2ccccc2C[C@H]1O)OC12CC3CC(CC(C3)C1)C2. The average molecular weight is 752 g/mol. The molecular weight excluding hydrogens is 695 g/mol. The molecule has 2 amide bonds. The number of benzene rings is 3. The lowest BCUT2D eigenvalue weighted by Crippen LogP contribution is -2.55. The number of hydrogen-bond donors (Lipinski definition) is 3. The van der Waals surface area contributed by atoms with Gasteiger partial charge in [0.1, 0.15) is 18.0 Å². The minimum absolute atomic E-state index is 0.0479. The Morgan fingerprint density at radius 1 is 0.891 bits per heavy atom. The molecule has 3 aromatic carbocycles. The summed E-state index contributed by atoms with van der Waals surface area (Å²) in [6.45, 7) is 5.05. The summed E-state index contributed by atoms with van der Waals surface area (Å²) < 4.78 is 17.8. The molecule has 6 aliphatic rings. The Bertz CT molecular complexity index is 1710. The highest BCUT2D eigenvalue weighted by atomic mass is 16.6. The number of ether oxygens (including phenoxy) is 3. The maximum Gasteiger partial charge on any atom is 0.408 e. The van der Waals surface area contributed by atoms with E-state index in [1.54, 1.807) is 4.90 Å². The van der Waals surface area contributed by atoms with E-state index in [0.29, 0.717) is 43.7 Å². The summed E-state index contributed by atoms with van der Waals surface area (Å²) in [4.78, 5) is 32.0. The molecule has 4 saturated carbocycles. The molecule has 0 aromatic heterocycles. The van der Waals surface area contributed by atoms with E-state index in [0.717, 1.165) is 80.1 Å². The molecule has 0 radical (unpaired) electrons. The lowest BCUT2D eigenvalue weighted by atomic mass is 9.54. The van der Waals surface area contributed by atoms with E-state index in [1.165, 1.54) is 19.3 Å². The van der Waals surface area contributed by atoms with Gasteiger partial charge in [-0.25, -0.2) is 4.79 Å². The number of morpholine rings is 1. The van der Waals surface area contributed by atoms with Gasteiger partial charge in [-0.1, -0.05) is 66.7 Å². The van der Waals surface area contributed by atoms with Gasteiger partial charge in [0.2, 0.25) is 5.91 Å². The predicted molar refractivity (Wildman–Crippen MR) is 208 cm³/mol. The summed E-state index contributed by atoms with van der Waals surface area (Å²) in [6.07, 6.45) is 5.41. The van der Waals surface area contributed by atoms with E-state index in [2.05, 4.69) is 10.2 Å². The number of carbonyl (C=O) groups excluding carboxylic acids is 2. The topological polar surface area (TPSA) is 121 Å². The monoisotopic (exact) mass is 751 g/mol. The van der Waals surface area contributed by atoms with E-state index in [4.69, 9.17) is 14.2 Å². The number of amides is 2. The third kappa shape index (κ3) is 9.20. The average Bonchev–Trinajstić information content (AvgIpc) is 3.51. The standard InChI is InChI=1S/C45H57N3O7/c49-40(39(25-31-6-2-1-3-7-31)46-44(52)55-45-27-33-22-34(28-45)24-35(23-33)29-45)14-15-42(51)48(43-38-9-5-4-8-36(38)26-41(43)50)30-32-10-12-37(13-11-32)54-21-18-47-16-19-53-20-17-47/h1-13,33-35,39-41,43,49-50H,14-30H2,(H,46,52)/t33?,34?,35?,39-,40-,41+,43-,45?/m0/s1. The van der Waals surface area contributed by atoms with Crippen LogP contribution in [-0.2, 0) is 33.7 Å². The van der Waals surface area contributed by atoms with Gasteiger partial charge in [-0.15, -0.1) is 0 Å². The maximum absolute atomic E-state index is 14.3. The lowest BCUT2D eigenvalue weighted by Gasteiger charge is -2.55. The van der Waals surface area contributed by atoms with Crippen molar-refractivity contribution in [2.45, 2.75) is 101 Å². The molecule has 1 saturated heterocycles. The van der Waals surface area contributed by atoms with Crippen molar-refractivity contribution >= 4 is 12.0 Å². The summed E-state index contributed by atoms with van der Waals surface area (Å²) in [5.74, 6) is 2.52. The van der Waals surface area contributed by atoms with Crippen molar-refractivity contribution in [1.82, 2.24) is 15.1 Å². The second-order valence-corrected chi connectivity index (χ2v) is 16.9. The van der Waals surface area contributed by atoms with Gasteiger partial charge in [0.15, 0.2) is 0 Å². The van der Waals surface area contributed by atoms with Crippen LogP contribution in [0.1, 0.15) is 79.7 Å². The number of nitrogens with zero attached hydrogens (tertiary/aromatic N) is 2. The largest absolute Gasteiger partial charge is 0.492 e. The molecule has 4 atom stereocenters. The second-order valence-electron chi connectivity index (χ2n) is 16.9. The zero-order valence-corrected chi connectivity index (χ0v) is 31.9. The predicted octanol–water partition coefficient (Wildman–Crippen LogP) is 5.83. The first kappa shape index (κ1) is 37.9. The minimum Gasteiger partial charge on any atom is -0.492 e. The number of nitrogens with one attached hydrogen (secondary N) is 1. The summed E-state index contributed by atoms with van der Waals surface area (Å²) in [6, 6.07) is 24.4. The Morgan fingerprint density at radius 3 is 2.27 bits per heavy atom. The van der Waals surface area contributed by atoms with E-state index in [9.17, 15) is 19.8 Å². The first-order chi connectivity index (χ1) is 26.8. The molecular formula is C45H57N3O7. The van der Waals surface area contributed by atoms with Crippen LogP contribution >= 0.6 is 0 Å². The molecule has 5 fully saturated rings. The van der Waals surface area contributed by atoms with Crippen LogP contribution in [0.15, 0.2) is 78.9 Å². The van der Waals surface area contributed by atoms with Crippen molar-refractivity contribution in [3.05, 3.63) is 101 Å². The molecule has 10 nitrogen and oxygen atoms in total. The fraction of sp³-hybridized carbons (Fsp3) is 0.556. The van der Waals surface area contributed by atoms with Crippen LogP contribution in [0.2, 0.25) is 0 Å². The Kier molecular flexibility index (Phi) is 11.8. The van der Waals surface area contributed by atoms with Gasteiger partial charge in [0, 0.05) is 39.0 Å². The molecule has 0 unspecified atom stereocenters. The minimum atomic E-state index is -0.996. The molecule has 55 heavy (non-hydrogen) atoms. The Labute approximate surface area is 325 Å². The highest BCUT2D eigenvalue weighted by molar-refractivity contribution is 5.77. The van der Waals surface area contributed by atoms with Crippen LogP contribution in [-0.4, -0.2) is 95.3 Å². The summed E-state index contributed by atoms with van der Waals surface area (Å²) in [5.41, 5.74) is 3.48. The first-order valence-electron chi connectivity index (χ1n) is 20.6. The van der Waals surface area contributed by atoms with E-state index < -0.39 is 36.0 Å². The van der Waals surface area contributed by atoms with Gasteiger partial charge in [-0.3, -0.25) is 9.69 Å². The van der Waals surface area contributed by atoms with Gasteiger partial charge in [0.25, 0.3) is 0 Å². The quantitative estimate of drug-likeness (QED) is 0.178. The van der Waals surface area contributed by atoms with Crippen molar-refractivity contribution in [2.24, 2.45) is 17.8 Å². The molecule has 294 valence electrons. The Morgan fingerprint density at radius 2 is 1.56 bits per heavy atom. The summed E-state index contributed by atoms with van der Waals surface area (Å²) >= 11 is 0. The number of carbonyl (C=O) groups is 2. The molecule has 4 bridgehead atoms. The van der Waals surface area contributed by atoms with Crippen LogP contribution in [0.25, 0.3) is 0 Å². The highest BCUT2D eigenvalue weighted by Gasteiger charge is 2.53. The van der Waals surface area contributed by atoms with E-state index in [1.807, 2.05) is 78.9 Å². The number of fused-ring (bicyclic) bond motifs is 1. The van der Waals surface area contributed by atoms with Gasteiger partial charge >= 0.3 is 6.09 Å². The van der Waals surface area contributed by atoms with Crippen molar-refractivity contribution in [3.8, 4) is 5.75 Å². The Hall–Kier alpha value is -3.96. The third-order valence-electron chi connectivity index (χ3n) is 12.9. The zero-order chi connectivity index (χ0) is 37.8. The number of hydrogen-bond acceptors (Lipinski definition) is 8. The molecule has 3 aromatic rings. The summed E-state index contributed by atoms with van der Waals surface area (Å²) in [5, 5.41) is 26.1. The first-order valence-corrected chi connectivity index (χ1v) is 20.6. The van der Waals surface area contributed by atoms with Crippen LogP contribution < -0.4 is 10.1 Å². The van der Waals surface area contributed by atoms with Gasteiger partial charge < -0.3 is 34.6 Å². The van der Waals surface area contributed by atoms with Gasteiger partial charge in [-0.05, 0) is 104 Å². The molecule has 0 spiro atoms. The fourth-order valence-corrected chi connectivity index (χ4v) is 10.6. The zero-order valence-electron chi connectivity index (χ0n) is 31.9. The number of alkyl carbamates (subject to hydrolysis) is 1. The van der Waals surface area contributed by atoms with Crippen molar-refractivity contribution in [1.29, 1.82) is 0 Å². The van der Waals surface area contributed by atoms with Crippen molar-refractivity contribution in [2.75, 3.05) is 39.5 Å². The number of aliphatic hydroxyl groups is 2. The van der Waals surface area contributed by atoms with Crippen LogP contribution in [0.3, 0.4) is 0 Å². The molecule has 9 rings (SSSR count). The number of rotatable bonds is 15. The van der Waals surface area contributed by atoms with Crippen LogP contribution in [0, 0.1) is 17.8 Å². The highest BCUT2D eigenvalue weighted by Crippen LogP contribution is 2.57. The normalized spacial score (nSPS) is 27.9. The second kappa shape index (κ2) is 17.0. The lowest BCUT2D eigenvalue weighted by molar-refractivity contribution is -0.137. The summed E-state index contributed by atoms with van der Waals surface area (Å²) in [7, 11) is 0. The molecule has 10 heteroatoms. The van der Waals surface area contributed by atoms with Crippen molar-refractivity contribution in [3.63, 3.8) is 0 Å².